The fourth-order valence-corrected chi connectivity index (χ4v) is 4.86. The fourth-order valence-electron chi connectivity index (χ4n) is 4.86. The van der Waals surface area contributed by atoms with Crippen LogP contribution in [0.4, 0.5) is 13.2 Å². The Balaban J connectivity index is 1.65. The van der Waals surface area contributed by atoms with Crippen LogP contribution in [0.15, 0.2) is 36.8 Å². The molecule has 1 aromatic carbocycles. The summed E-state index contributed by atoms with van der Waals surface area (Å²) in [4.78, 5) is 0. The minimum atomic E-state index is -5.06. The first kappa shape index (κ1) is 15.5. The van der Waals surface area contributed by atoms with E-state index < -0.39 is 36.3 Å². The lowest BCUT2D eigenvalue weighted by molar-refractivity contribution is -0.274. The Morgan fingerprint density at radius 1 is 0.963 bits per heavy atom. The second-order valence-electron chi connectivity index (χ2n) is 8.05. The lowest BCUT2D eigenvalue weighted by atomic mass is 9.68. The topological polar surface area (TPSA) is 9.23 Å². The molecule has 0 aliphatic heterocycles. The van der Waals surface area contributed by atoms with Crippen molar-refractivity contribution in [3.05, 3.63) is 42.4 Å². The first-order chi connectivity index (χ1) is 14.6. The van der Waals surface area contributed by atoms with Crippen molar-refractivity contribution in [3.8, 4) is 5.75 Å². The Kier molecular flexibility index (Phi) is 5.25. The standard InChI is InChI=1S/C23H31F3O/c1-2-3-4-17-5-7-18(8-6-17)19-9-11-20(12-10-19)21-13-15-22(16-14-21)27-23(24,25)26/h2,13-20H,1,3-12H2/i13D,14D,15D,16D. The highest BCUT2D eigenvalue weighted by molar-refractivity contribution is 5.29. The summed E-state index contributed by atoms with van der Waals surface area (Å²) in [5, 5.41) is 0. The molecule has 27 heavy (non-hydrogen) atoms. The number of hydrogen-bond acceptors (Lipinski definition) is 1. The summed E-state index contributed by atoms with van der Waals surface area (Å²) in [6.45, 7) is 3.80. The van der Waals surface area contributed by atoms with Crippen molar-refractivity contribution in [1.29, 1.82) is 0 Å². The minimum absolute atomic E-state index is 0.159. The summed E-state index contributed by atoms with van der Waals surface area (Å²) in [7, 11) is 0. The van der Waals surface area contributed by atoms with Gasteiger partial charge in [-0.15, -0.1) is 19.8 Å². The number of benzene rings is 1. The number of ether oxygens (including phenoxy) is 1. The van der Waals surface area contributed by atoms with E-state index in [1.165, 1.54) is 32.1 Å². The third kappa shape index (κ3) is 6.02. The Morgan fingerprint density at radius 3 is 2.04 bits per heavy atom. The Bertz CT molecular complexity index is 751. The number of alkyl halides is 3. The number of halogens is 3. The van der Waals surface area contributed by atoms with Gasteiger partial charge in [0.1, 0.15) is 5.75 Å². The molecule has 0 aromatic heterocycles. The van der Waals surface area contributed by atoms with Crippen molar-refractivity contribution in [2.45, 2.75) is 76.5 Å². The van der Waals surface area contributed by atoms with Gasteiger partial charge in [0.15, 0.2) is 0 Å². The van der Waals surface area contributed by atoms with E-state index in [0.29, 0.717) is 11.8 Å². The molecule has 0 unspecified atom stereocenters. The maximum absolute atomic E-state index is 12.6. The smallest absolute Gasteiger partial charge is 0.406 e. The molecule has 0 heterocycles. The van der Waals surface area contributed by atoms with Gasteiger partial charge in [0.2, 0.25) is 0 Å². The first-order valence-corrected chi connectivity index (χ1v) is 10.1. The maximum Gasteiger partial charge on any atom is 0.573 e. The van der Waals surface area contributed by atoms with Crippen LogP contribution in [0.3, 0.4) is 0 Å². The van der Waals surface area contributed by atoms with Crippen LogP contribution >= 0.6 is 0 Å². The fraction of sp³-hybridized carbons (Fsp3) is 0.652. The van der Waals surface area contributed by atoms with Gasteiger partial charge in [-0.1, -0.05) is 31.0 Å². The molecule has 1 aromatic rings. The van der Waals surface area contributed by atoms with Gasteiger partial charge in [-0.2, -0.15) is 0 Å². The number of allylic oxidation sites excluding steroid dienone is 1. The molecule has 0 radical (unpaired) electrons. The third-order valence-electron chi connectivity index (χ3n) is 6.36. The van der Waals surface area contributed by atoms with Gasteiger partial charge in [0.25, 0.3) is 0 Å². The molecule has 1 nitrogen and oxygen atoms in total. The quantitative estimate of drug-likeness (QED) is 0.458. The largest absolute Gasteiger partial charge is 0.573 e. The Hall–Kier alpha value is -1.45. The third-order valence-corrected chi connectivity index (χ3v) is 6.36. The molecule has 4 heteroatoms. The van der Waals surface area contributed by atoms with E-state index in [4.69, 9.17) is 5.48 Å². The number of rotatable bonds is 6. The average molecular weight is 385 g/mol. The van der Waals surface area contributed by atoms with Crippen molar-refractivity contribution >= 4 is 0 Å². The molecule has 0 amide bonds. The summed E-state index contributed by atoms with van der Waals surface area (Å²) < 4.78 is 73.8. The lowest BCUT2D eigenvalue weighted by Gasteiger charge is -2.38. The second kappa shape index (κ2) is 9.16. The summed E-state index contributed by atoms with van der Waals surface area (Å²) in [6.07, 6.45) is 7.65. The van der Waals surface area contributed by atoms with E-state index >= 15 is 0 Å². The molecule has 3 rings (SSSR count). The normalized spacial score (nSPS) is 31.4. The van der Waals surface area contributed by atoms with Crippen molar-refractivity contribution in [1.82, 2.24) is 0 Å². The average Bonchev–Trinajstić information content (AvgIpc) is 2.74. The molecular formula is C23H31F3O. The molecule has 2 aliphatic rings. The number of hydrogen-bond donors (Lipinski definition) is 0. The Labute approximate surface area is 166 Å². The molecule has 0 spiro atoms. The van der Waals surface area contributed by atoms with Crippen molar-refractivity contribution < 1.29 is 23.4 Å². The van der Waals surface area contributed by atoms with E-state index in [2.05, 4.69) is 11.3 Å². The van der Waals surface area contributed by atoms with Crippen LogP contribution in [0.2, 0.25) is 0 Å². The van der Waals surface area contributed by atoms with E-state index in [1.807, 2.05) is 6.08 Å². The van der Waals surface area contributed by atoms with E-state index in [9.17, 15) is 13.2 Å². The Morgan fingerprint density at radius 2 is 1.52 bits per heavy atom. The summed E-state index contributed by atoms with van der Waals surface area (Å²) >= 11 is 0. The zero-order valence-corrected chi connectivity index (χ0v) is 15.7. The van der Waals surface area contributed by atoms with Crippen LogP contribution in [0.5, 0.6) is 5.75 Å². The van der Waals surface area contributed by atoms with Gasteiger partial charge in [-0.3, -0.25) is 0 Å². The van der Waals surface area contributed by atoms with Gasteiger partial charge >= 0.3 is 6.36 Å². The van der Waals surface area contributed by atoms with Gasteiger partial charge in [0.05, 0.1) is 5.48 Å². The summed E-state index contributed by atoms with van der Waals surface area (Å²) in [5.41, 5.74) is 0.233. The van der Waals surface area contributed by atoms with Crippen LogP contribution in [0.25, 0.3) is 0 Å². The van der Waals surface area contributed by atoms with Crippen molar-refractivity contribution in [2.24, 2.45) is 17.8 Å². The van der Waals surface area contributed by atoms with Crippen LogP contribution in [-0.4, -0.2) is 6.36 Å². The van der Waals surface area contributed by atoms with Gasteiger partial charge in [0, 0.05) is 0 Å². The van der Waals surface area contributed by atoms with Gasteiger partial charge in [-0.05, 0) is 92.7 Å². The summed E-state index contributed by atoms with van der Waals surface area (Å²) in [6, 6.07) is -2.33. The lowest BCUT2D eigenvalue weighted by Crippen LogP contribution is -2.25. The molecule has 0 bridgehead atoms. The SMILES string of the molecule is [2H]c1c([2H])c(C2CCC(C3CCC(CCC=C)CC3)CC2)c([2H])c([2H])c1OC(F)(F)F. The maximum atomic E-state index is 12.6. The van der Waals surface area contributed by atoms with Crippen LogP contribution in [-0.2, 0) is 0 Å². The van der Waals surface area contributed by atoms with Crippen molar-refractivity contribution in [3.63, 3.8) is 0 Å². The zero-order valence-electron chi connectivity index (χ0n) is 19.7. The molecule has 0 N–H and O–H groups in total. The van der Waals surface area contributed by atoms with Gasteiger partial charge in [-0.25, -0.2) is 0 Å². The van der Waals surface area contributed by atoms with Crippen LogP contribution in [0.1, 0.15) is 81.2 Å². The van der Waals surface area contributed by atoms with E-state index in [0.717, 1.165) is 38.0 Å². The van der Waals surface area contributed by atoms with E-state index in [-0.39, 0.29) is 11.5 Å². The highest BCUT2D eigenvalue weighted by atomic mass is 19.4. The molecule has 0 atom stereocenters. The minimum Gasteiger partial charge on any atom is -0.406 e. The molecule has 2 aliphatic carbocycles. The first-order valence-electron chi connectivity index (χ1n) is 12.1. The molecule has 150 valence electrons. The molecule has 0 saturated heterocycles. The zero-order chi connectivity index (χ0) is 22.8. The predicted octanol–water partition coefficient (Wildman–Crippen LogP) is 7.63. The van der Waals surface area contributed by atoms with Crippen LogP contribution in [0, 0.1) is 17.8 Å². The summed E-state index contributed by atoms with van der Waals surface area (Å²) in [5.74, 6) is 0.902. The predicted molar refractivity (Wildman–Crippen MR) is 103 cm³/mol. The van der Waals surface area contributed by atoms with Gasteiger partial charge < -0.3 is 4.74 Å². The molecule has 2 fully saturated rings. The highest BCUT2D eigenvalue weighted by Gasteiger charge is 2.32. The second-order valence-corrected chi connectivity index (χ2v) is 8.05. The molecule has 2 saturated carbocycles. The monoisotopic (exact) mass is 384 g/mol. The highest BCUT2D eigenvalue weighted by Crippen LogP contribution is 2.44. The van der Waals surface area contributed by atoms with Crippen molar-refractivity contribution in [2.75, 3.05) is 0 Å². The van der Waals surface area contributed by atoms with E-state index in [1.54, 1.807) is 0 Å². The molecular weight excluding hydrogens is 349 g/mol. The van der Waals surface area contributed by atoms with Crippen LogP contribution < -0.4 is 4.74 Å².